The van der Waals surface area contributed by atoms with Gasteiger partial charge in [0.05, 0.1) is 11.1 Å². The summed E-state index contributed by atoms with van der Waals surface area (Å²) in [6, 6.07) is 20.6. The Morgan fingerprint density at radius 3 is 2.18 bits per heavy atom. The molecule has 0 unspecified atom stereocenters. The van der Waals surface area contributed by atoms with Crippen LogP contribution in [0.1, 0.15) is 52.5 Å². The van der Waals surface area contributed by atoms with Crippen LogP contribution >= 0.6 is 0 Å². The quantitative estimate of drug-likeness (QED) is 0.462. The molecule has 0 aromatic heterocycles. The topological polar surface area (TPSA) is 75.7 Å². The maximum Gasteiger partial charge on any atom is 0.262 e. The van der Waals surface area contributed by atoms with Crippen molar-refractivity contribution in [2.24, 2.45) is 0 Å². The summed E-state index contributed by atoms with van der Waals surface area (Å²) in [5.41, 5.74) is 2.35. The van der Waals surface area contributed by atoms with Gasteiger partial charge in [-0.1, -0.05) is 44.0 Å². The molecular weight excluding hydrogens is 416 g/mol. The molecule has 0 bridgehead atoms. The van der Waals surface area contributed by atoms with Gasteiger partial charge in [0.1, 0.15) is 17.5 Å². The fraction of sp³-hybridized carbons (Fsp3) is 0.222. The molecule has 0 spiro atoms. The average molecular weight is 443 g/mol. The third-order valence-electron chi connectivity index (χ3n) is 5.62. The third kappa shape index (κ3) is 4.80. The van der Waals surface area contributed by atoms with Gasteiger partial charge in [-0.15, -0.1) is 0 Å². The number of ether oxygens (including phenoxy) is 1. The third-order valence-corrected chi connectivity index (χ3v) is 5.62. The summed E-state index contributed by atoms with van der Waals surface area (Å²) in [6.07, 6.45) is 1.97. The van der Waals surface area contributed by atoms with Gasteiger partial charge in [-0.25, -0.2) is 0 Å². The summed E-state index contributed by atoms with van der Waals surface area (Å²) in [5.74, 6) is 0.145. The predicted molar refractivity (Wildman–Crippen MR) is 127 cm³/mol. The molecule has 6 nitrogen and oxygen atoms in total. The van der Waals surface area contributed by atoms with Gasteiger partial charge in [0.2, 0.25) is 5.91 Å². The van der Waals surface area contributed by atoms with Crippen LogP contribution in [0.4, 0.5) is 5.69 Å². The first-order valence-electron chi connectivity index (χ1n) is 11.1. The van der Waals surface area contributed by atoms with Crippen LogP contribution in [-0.4, -0.2) is 28.7 Å². The molecule has 33 heavy (non-hydrogen) atoms. The highest BCUT2D eigenvalue weighted by atomic mass is 16.5. The normalized spacial score (nSPS) is 13.6. The van der Waals surface area contributed by atoms with Gasteiger partial charge < -0.3 is 10.1 Å². The smallest absolute Gasteiger partial charge is 0.262 e. The lowest BCUT2D eigenvalue weighted by Crippen LogP contribution is -2.47. The van der Waals surface area contributed by atoms with Gasteiger partial charge in [-0.2, -0.15) is 0 Å². The molecule has 1 atom stereocenters. The van der Waals surface area contributed by atoms with Gasteiger partial charge in [-0.3, -0.25) is 19.3 Å². The van der Waals surface area contributed by atoms with Crippen molar-refractivity contribution in [2.75, 3.05) is 5.32 Å². The van der Waals surface area contributed by atoms with Gasteiger partial charge >= 0.3 is 0 Å². The Kier molecular flexibility index (Phi) is 6.54. The first-order valence-corrected chi connectivity index (χ1v) is 11.1. The van der Waals surface area contributed by atoms with Crippen molar-refractivity contribution in [2.45, 2.75) is 39.2 Å². The summed E-state index contributed by atoms with van der Waals surface area (Å²) in [7, 11) is 0. The molecule has 1 N–H and O–H groups in total. The zero-order valence-electron chi connectivity index (χ0n) is 18.7. The molecular formula is C27H26N2O4. The van der Waals surface area contributed by atoms with Crippen LogP contribution in [0.25, 0.3) is 0 Å². The lowest BCUT2D eigenvalue weighted by Gasteiger charge is -2.25. The maximum absolute atomic E-state index is 13.2. The maximum atomic E-state index is 13.2. The van der Waals surface area contributed by atoms with Crippen LogP contribution in [0.15, 0.2) is 72.8 Å². The van der Waals surface area contributed by atoms with Crippen molar-refractivity contribution in [1.29, 1.82) is 0 Å². The molecule has 0 saturated heterocycles. The van der Waals surface area contributed by atoms with E-state index < -0.39 is 17.9 Å². The number of imide groups is 1. The Bertz CT molecular complexity index is 1150. The SMILES string of the molecule is CCCC[C@H](C(=O)Nc1ccc(Oc2cccc(C)c2)cc1)N1C(=O)c2ccccc2C1=O. The monoisotopic (exact) mass is 442 g/mol. The van der Waals surface area contributed by atoms with E-state index in [1.54, 1.807) is 48.5 Å². The van der Waals surface area contributed by atoms with Crippen LogP contribution < -0.4 is 10.1 Å². The van der Waals surface area contributed by atoms with E-state index in [0.29, 0.717) is 29.0 Å². The van der Waals surface area contributed by atoms with Crippen LogP contribution in [-0.2, 0) is 4.79 Å². The Balaban J connectivity index is 1.49. The zero-order chi connectivity index (χ0) is 23.4. The second kappa shape index (κ2) is 9.69. The highest BCUT2D eigenvalue weighted by molar-refractivity contribution is 6.23. The van der Waals surface area contributed by atoms with Crippen molar-refractivity contribution in [3.63, 3.8) is 0 Å². The molecule has 1 heterocycles. The number of unbranched alkanes of at least 4 members (excludes halogenated alkanes) is 1. The van der Waals surface area contributed by atoms with Crippen molar-refractivity contribution in [1.82, 2.24) is 4.90 Å². The standard InChI is InChI=1S/C27H26N2O4/c1-3-4-12-24(29-26(31)22-10-5-6-11-23(22)27(29)32)25(30)28-19-13-15-20(16-14-19)33-21-9-7-8-18(2)17-21/h5-11,13-17,24H,3-4,12H2,1-2H3,(H,28,30)/t24-/m1/s1. The number of hydrogen-bond donors (Lipinski definition) is 1. The minimum absolute atomic E-state index is 0.342. The number of carbonyl (C=O) groups excluding carboxylic acids is 3. The summed E-state index contributed by atoms with van der Waals surface area (Å²) in [6.45, 7) is 4.00. The first-order chi connectivity index (χ1) is 16.0. The fourth-order valence-corrected chi connectivity index (χ4v) is 3.91. The van der Waals surface area contributed by atoms with Crippen molar-refractivity contribution >= 4 is 23.4 Å². The van der Waals surface area contributed by atoms with Crippen molar-refractivity contribution < 1.29 is 19.1 Å². The van der Waals surface area contributed by atoms with E-state index in [1.165, 1.54) is 0 Å². The minimum Gasteiger partial charge on any atom is -0.457 e. The average Bonchev–Trinajstić information content (AvgIpc) is 3.06. The Hall–Kier alpha value is -3.93. The number of amides is 3. The van der Waals surface area contributed by atoms with Gasteiger partial charge in [-0.05, 0) is 67.4 Å². The summed E-state index contributed by atoms with van der Waals surface area (Å²) >= 11 is 0. The van der Waals surface area contributed by atoms with Gasteiger partial charge in [0, 0.05) is 5.69 Å². The lowest BCUT2D eigenvalue weighted by atomic mass is 10.1. The Morgan fingerprint density at radius 2 is 1.58 bits per heavy atom. The van der Waals surface area contributed by atoms with Crippen molar-refractivity contribution in [3.05, 3.63) is 89.5 Å². The molecule has 1 aliphatic rings. The van der Waals surface area contributed by atoms with Crippen LogP contribution in [0, 0.1) is 6.92 Å². The molecule has 6 heteroatoms. The molecule has 0 radical (unpaired) electrons. The van der Waals surface area contributed by atoms with Crippen LogP contribution in [0.5, 0.6) is 11.5 Å². The zero-order valence-corrected chi connectivity index (χ0v) is 18.7. The molecule has 3 amide bonds. The van der Waals surface area contributed by atoms with E-state index in [9.17, 15) is 14.4 Å². The van der Waals surface area contributed by atoms with E-state index in [4.69, 9.17) is 4.74 Å². The van der Waals surface area contributed by atoms with E-state index in [-0.39, 0.29) is 5.91 Å². The van der Waals surface area contributed by atoms with Crippen LogP contribution in [0.3, 0.4) is 0 Å². The molecule has 0 saturated carbocycles. The number of carbonyl (C=O) groups is 3. The molecule has 4 rings (SSSR count). The lowest BCUT2D eigenvalue weighted by molar-refractivity contribution is -0.120. The summed E-state index contributed by atoms with van der Waals surface area (Å²) < 4.78 is 5.85. The highest BCUT2D eigenvalue weighted by Gasteiger charge is 2.42. The number of aryl methyl sites for hydroxylation is 1. The molecule has 1 aliphatic heterocycles. The first kappa shape index (κ1) is 22.3. The molecule has 3 aromatic carbocycles. The summed E-state index contributed by atoms with van der Waals surface area (Å²) in [5, 5.41) is 2.86. The second-order valence-corrected chi connectivity index (χ2v) is 8.12. The van der Waals surface area contributed by atoms with E-state index in [1.807, 2.05) is 38.1 Å². The number of nitrogens with zero attached hydrogens (tertiary/aromatic N) is 1. The second-order valence-electron chi connectivity index (χ2n) is 8.12. The summed E-state index contributed by atoms with van der Waals surface area (Å²) in [4.78, 5) is 40.1. The number of fused-ring (bicyclic) bond motifs is 1. The van der Waals surface area contributed by atoms with E-state index >= 15 is 0 Å². The predicted octanol–water partition coefficient (Wildman–Crippen LogP) is 5.58. The Labute approximate surface area is 193 Å². The number of benzene rings is 3. The Morgan fingerprint density at radius 1 is 0.909 bits per heavy atom. The molecule has 3 aromatic rings. The molecule has 0 fully saturated rings. The largest absolute Gasteiger partial charge is 0.457 e. The van der Waals surface area contributed by atoms with Crippen LogP contribution in [0.2, 0.25) is 0 Å². The fourth-order valence-electron chi connectivity index (χ4n) is 3.91. The van der Waals surface area contributed by atoms with Crippen molar-refractivity contribution in [3.8, 4) is 11.5 Å². The highest BCUT2D eigenvalue weighted by Crippen LogP contribution is 2.28. The van der Waals surface area contributed by atoms with Gasteiger partial charge in [0.25, 0.3) is 11.8 Å². The van der Waals surface area contributed by atoms with Gasteiger partial charge in [0.15, 0.2) is 0 Å². The number of nitrogens with one attached hydrogen (secondary N) is 1. The minimum atomic E-state index is -0.874. The van der Waals surface area contributed by atoms with E-state index in [2.05, 4.69) is 5.32 Å². The van der Waals surface area contributed by atoms with E-state index in [0.717, 1.165) is 29.1 Å². The molecule has 0 aliphatic carbocycles. The number of hydrogen-bond acceptors (Lipinski definition) is 4. The number of anilines is 1. The molecule has 168 valence electrons. The number of rotatable bonds is 8.